The van der Waals surface area contributed by atoms with Gasteiger partial charge in [0.15, 0.2) is 0 Å². The maximum Gasteiger partial charge on any atom is 0.248 e. The highest BCUT2D eigenvalue weighted by atomic mass is 19.1. The van der Waals surface area contributed by atoms with Crippen molar-refractivity contribution in [2.75, 3.05) is 5.32 Å². The number of ether oxygens (including phenoxy) is 1. The number of hydrogen-bond acceptors (Lipinski definition) is 3. The molecule has 1 N–H and O–H groups in total. The first-order valence-electron chi connectivity index (χ1n) is 8.32. The zero-order valence-corrected chi connectivity index (χ0v) is 14.6. The molecule has 0 saturated heterocycles. The van der Waals surface area contributed by atoms with Gasteiger partial charge in [0.1, 0.15) is 24.2 Å². The van der Waals surface area contributed by atoms with Crippen molar-refractivity contribution in [3.8, 4) is 5.75 Å². The standard InChI is InChI=1S/C20H20FN3O2/c1-14-11-12-22-24(14)15(2)20(25)23-17-7-9-18(10-8-17)26-13-16-5-3-4-6-19(16)21/h3-12,15H,13H2,1-2H3,(H,23,25)/t15-/m0/s1. The first kappa shape index (κ1) is 17.7. The van der Waals surface area contributed by atoms with E-state index in [9.17, 15) is 9.18 Å². The summed E-state index contributed by atoms with van der Waals surface area (Å²) in [5, 5.41) is 7.01. The van der Waals surface area contributed by atoms with E-state index in [0.29, 0.717) is 17.0 Å². The molecule has 0 aliphatic carbocycles. The van der Waals surface area contributed by atoms with E-state index >= 15 is 0 Å². The van der Waals surface area contributed by atoms with Crippen LogP contribution in [-0.4, -0.2) is 15.7 Å². The maximum atomic E-state index is 13.6. The van der Waals surface area contributed by atoms with Gasteiger partial charge in [-0.05, 0) is 50.2 Å². The van der Waals surface area contributed by atoms with Crippen molar-refractivity contribution in [2.45, 2.75) is 26.5 Å². The second-order valence-electron chi connectivity index (χ2n) is 5.99. The molecule has 5 nitrogen and oxygen atoms in total. The molecule has 6 heteroatoms. The molecule has 0 unspecified atom stereocenters. The molecule has 0 bridgehead atoms. The van der Waals surface area contributed by atoms with Gasteiger partial charge in [0.2, 0.25) is 5.91 Å². The van der Waals surface area contributed by atoms with Crippen LogP contribution >= 0.6 is 0 Å². The smallest absolute Gasteiger partial charge is 0.248 e. The Labute approximate surface area is 151 Å². The summed E-state index contributed by atoms with van der Waals surface area (Å²) in [6, 6.07) is 14.9. The van der Waals surface area contributed by atoms with E-state index in [2.05, 4.69) is 10.4 Å². The molecule has 26 heavy (non-hydrogen) atoms. The van der Waals surface area contributed by atoms with Crippen LogP contribution in [0.4, 0.5) is 10.1 Å². The Hall–Kier alpha value is -3.15. The molecule has 0 fully saturated rings. The fourth-order valence-corrected chi connectivity index (χ4v) is 2.55. The van der Waals surface area contributed by atoms with Crippen LogP contribution in [0.2, 0.25) is 0 Å². The number of aromatic nitrogens is 2. The molecule has 0 spiro atoms. The Bertz CT molecular complexity index is 890. The molecule has 3 rings (SSSR count). The first-order valence-corrected chi connectivity index (χ1v) is 8.32. The molecule has 1 aromatic heterocycles. The summed E-state index contributed by atoms with van der Waals surface area (Å²) >= 11 is 0. The third-order valence-corrected chi connectivity index (χ3v) is 4.09. The second-order valence-corrected chi connectivity index (χ2v) is 5.99. The van der Waals surface area contributed by atoms with Crippen molar-refractivity contribution < 1.29 is 13.9 Å². The first-order chi connectivity index (χ1) is 12.5. The van der Waals surface area contributed by atoms with Gasteiger partial charge in [0.05, 0.1) is 0 Å². The van der Waals surface area contributed by atoms with Gasteiger partial charge in [-0.3, -0.25) is 9.48 Å². The average molecular weight is 353 g/mol. The molecule has 3 aromatic rings. The summed E-state index contributed by atoms with van der Waals surface area (Å²) in [5.74, 6) is 0.151. The topological polar surface area (TPSA) is 56.2 Å². The van der Waals surface area contributed by atoms with E-state index in [1.807, 2.05) is 13.0 Å². The van der Waals surface area contributed by atoms with Crippen molar-refractivity contribution in [3.63, 3.8) is 0 Å². The number of carbonyl (C=O) groups is 1. The molecule has 0 aliphatic rings. The number of anilines is 1. The lowest BCUT2D eigenvalue weighted by Gasteiger charge is -2.15. The highest BCUT2D eigenvalue weighted by molar-refractivity contribution is 5.93. The Morgan fingerprint density at radius 3 is 2.58 bits per heavy atom. The molecule has 0 aliphatic heterocycles. The van der Waals surface area contributed by atoms with Gasteiger partial charge in [0, 0.05) is 23.1 Å². The van der Waals surface area contributed by atoms with Gasteiger partial charge in [-0.1, -0.05) is 18.2 Å². The van der Waals surface area contributed by atoms with Crippen molar-refractivity contribution in [1.82, 2.24) is 9.78 Å². The summed E-state index contributed by atoms with van der Waals surface area (Å²) in [6.45, 7) is 3.84. The third kappa shape index (κ3) is 4.08. The summed E-state index contributed by atoms with van der Waals surface area (Å²) < 4.78 is 20.8. The number of hydrogen-bond donors (Lipinski definition) is 1. The van der Waals surface area contributed by atoms with Crippen LogP contribution in [-0.2, 0) is 11.4 Å². The van der Waals surface area contributed by atoms with E-state index in [1.54, 1.807) is 60.3 Å². The van der Waals surface area contributed by atoms with Crippen molar-refractivity contribution >= 4 is 11.6 Å². The third-order valence-electron chi connectivity index (χ3n) is 4.09. The molecule has 0 saturated carbocycles. The molecule has 134 valence electrons. The highest BCUT2D eigenvalue weighted by Gasteiger charge is 2.16. The van der Waals surface area contributed by atoms with E-state index in [1.165, 1.54) is 6.07 Å². The summed E-state index contributed by atoms with van der Waals surface area (Å²) in [4.78, 5) is 12.4. The SMILES string of the molecule is Cc1ccnn1[C@@H](C)C(=O)Nc1ccc(OCc2ccccc2F)cc1. The molecule has 1 heterocycles. The van der Waals surface area contributed by atoms with Crippen LogP contribution in [0.25, 0.3) is 0 Å². The van der Waals surface area contributed by atoms with Crippen LogP contribution < -0.4 is 10.1 Å². The van der Waals surface area contributed by atoms with Gasteiger partial charge in [-0.2, -0.15) is 5.10 Å². The molecular formula is C20H20FN3O2. The molecule has 1 atom stereocenters. The average Bonchev–Trinajstić information content (AvgIpc) is 3.07. The van der Waals surface area contributed by atoms with Crippen LogP contribution in [0.5, 0.6) is 5.75 Å². The maximum absolute atomic E-state index is 13.6. The number of carbonyl (C=O) groups excluding carboxylic acids is 1. The lowest BCUT2D eigenvalue weighted by Crippen LogP contribution is -2.25. The summed E-state index contributed by atoms with van der Waals surface area (Å²) in [7, 11) is 0. The van der Waals surface area contributed by atoms with Gasteiger partial charge >= 0.3 is 0 Å². The van der Waals surface area contributed by atoms with E-state index in [0.717, 1.165) is 5.69 Å². The zero-order valence-electron chi connectivity index (χ0n) is 14.6. The number of rotatable bonds is 6. The minimum absolute atomic E-state index is 0.147. The predicted octanol–water partition coefficient (Wildman–Crippen LogP) is 4.11. The lowest BCUT2D eigenvalue weighted by molar-refractivity contribution is -0.119. The minimum Gasteiger partial charge on any atom is -0.489 e. The Balaban J connectivity index is 1.58. The monoisotopic (exact) mass is 353 g/mol. The van der Waals surface area contributed by atoms with Gasteiger partial charge < -0.3 is 10.1 Å². The fraction of sp³-hybridized carbons (Fsp3) is 0.200. The van der Waals surface area contributed by atoms with Gasteiger partial charge in [-0.25, -0.2) is 4.39 Å². The zero-order chi connectivity index (χ0) is 18.5. The molecule has 1 amide bonds. The van der Waals surface area contributed by atoms with Crippen LogP contribution in [0.3, 0.4) is 0 Å². The Kier molecular flexibility index (Phi) is 5.31. The van der Waals surface area contributed by atoms with Crippen molar-refractivity contribution in [3.05, 3.63) is 77.9 Å². The normalized spacial score (nSPS) is 11.8. The van der Waals surface area contributed by atoms with E-state index in [-0.39, 0.29) is 18.3 Å². The predicted molar refractivity (Wildman–Crippen MR) is 97.5 cm³/mol. The van der Waals surface area contributed by atoms with Gasteiger partial charge in [-0.15, -0.1) is 0 Å². The van der Waals surface area contributed by atoms with Crippen molar-refractivity contribution in [2.24, 2.45) is 0 Å². The number of nitrogens with one attached hydrogen (secondary N) is 1. The van der Waals surface area contributed by atoms with Crippen molar-refractivity contribution in [1.29, 1.82) is 0 Å². The largest absolute Gasteiger partial charge is 0.489 e. The molecular weight excluding hydrogens is 333 g/mol. The van der Waals surface area contributed by atoms with Crippen LogP contribution in [0, 0.1) is 12.7 Å². The molecule has 0 radical (unpaired) electrons. The number of amides is 1. The van der Waals surface area contributed by atoms with Gasteiger partial charge in [0.25, 0.3) is 0 Å². The van der Waals surface area contributed by atoms with Crippen LogP contribution in [0.15, 0.2) is 60.8 Å². The molecule has 2 aromatic carbocycles. The second kappa shape index (κ2) is 7.82. The Morgan fingerprint density at radius 2 is 1.92 bits per heavy atom. The lowest BCUT2D eigenvalue weighted by atomic mass is 10.2. The van der Waals surface area contributed by atoms with E-state index < -0.39 is 6.04 Å². The minimum atomic E-state index is -0.415. The fourth-order valence-electron chi connectivity index (χ4n) is 2.55. The van der Waals surface area contributed by atoms with Crippen LogP contribution in [0.1, 0.15) is 24.2 Å². The summed E-state index contributed by atoms with van der Waals surface area (Å²) in [5.41, 5.74) is 2.07. The highest BCUT2D eigenvalue weighted by Crippen LogP contribution is 2.19. The Morgan fingerprint density at radius 1 is 1.19 bits per heavy atom. The number of nitrogens with zero attached hydrogens (tertiary/aromatic N) is 2. The van der Waals surface area contributed by atoms with E-state index in [4.69, 9.17) is 4.74 Å². The number of benzene rings is 2. The quantitative estimate of drug-likeness (QED) is 0.726. The summed E-state index contributed by atoms with van der Waals surface area (Å²) in [6.07, 6.45) is 1.67. The number of aryl methyl sites for hydroxylation is 1. The number of halogens is 1.